The van der Waals surface area contributed by atoms with E-state index >= 15 is 4.39 Å². The van der Waals surface area contributed by atoms with Crippen molar-refractivity contribution in [2.24, 2.45) is 5.41 Å². The number of hydrogen-bond donors (Lipinski definition) is 0. The smallest absolute Gasteiger partial charge is 0.231 e. The summed E-state index contributed by atoms with van der Waals surface area (Å²) >= 11 is 0. The molecule has 180 valence electrons. The van der Waals surface area contributed by atoms with Gasteiger partial charge in [-0.15, -0.1) is 0 Å². The van der Waals surface area contributed by atoms with Gasteiger partial charge in [0.1, 0.15) is 11.6 Å². The molecule has 0 bridgehead atoms. The quantitative estimate of drug-likeness (QED) is 0.459. The first-order valence-corrected chi connectivity index (χ1v) is 11.9. The van der Waals surface area contributed by atoms with E-state index in [0.717, 1.165) is 5.56 Å². The number of nitrogens with zero attached hydrogens (tertiary/aromatic N) is 3. The molecule has 0 N–H and O–H groups in total. The van der Waals surface area contributed by atoms with Crippen LogP contribution in [-0.2, 0) is 4.79 Å². The molecule has 1 aliphatic carbocycles. The number of para-hydroxylation sites is 1. The van der Waals surface area contributed by atoms with Crippen molar-refractivity contribution in [1.82, 2.24) is 4.57 Å². The van der Waals surface area contributed by atoms with Crippen LogP contribution < -0.4 is 14.4 Å². The zero-order valence-electron chi connectivity index (χ0n) is 20.0. The van der Waals surface area contributed by atoms with Gasteiger partial charge >= 0.3 is 0 Å². The van der Waals surface area contributed by atoms with Crippen LogP contribution in [0.2, 0.25) is 0 Å². The van der Waals surface area contributed by atoms with Gasteiger partial charge in [0.25, 0.3) is 0 Å². The number of rotatable bonds is 3. The molecule has 1 aromatic heterocycles. The minimum absolute atomic E-state index is 0.0374. The number of allylic oxidation sites excluding steroid dienone is 3. The second-order valence-corrected chi connectivity index (χ2v) is 10.1. The fourth-order valence-electron chi connectivity index (χ4n) is 5.51. The summed E-state index contributed by atoms with van der Waals surface area (Å²) in [7, 11) is 0. The summed E-state index contributed by atoms with van der Waals surface area (Å²) < 4.78 is 28.3. The molecule has 6 rings (SSSR count). The van der Waals surface area contributed by atoms with Crippen molar-refractivity contribution < 1.29 is 18.7 Å². The van der Waals surface area contributed by atoms with Crippen molar-refractivity contribution in [2.75, 3.05) is 11.7 Å². The number of benzene rings is 2. The fourth-order valence-corrected chi connectivity index (χ4v) is 5.51. The van der Waals surface area contributed by atoms with E-state index in [2.05, 4.69) is 6.07 Å². The van der Waals surface area contributed by atoms with Gasteiger partial charge in [0.15, 0.2) is 17.3 Å². The Hall–Kier alpha value is -4.31. The first kappa shape index (κ1) is 22.2. The van der Waals surface area contributed by atoms with Crippen LogP contribution >= 0.6 is 0 Å². The molecule has 0 spiro atoms. The SMILES string of the molecule is CC1(C)CC(=O)C2=C(C1)N(c1ccccc1F)C(n1cccc1)=C(C#N)C2c1ccc2c(c1)OCO2. The van der Waals surface area contributed by atoms with Gasteiger partial charge in [0.05, 0.1) is 23.2 Å². The number of hydrogen-bond acceptors (Lipinski definition) is 5. The lowest BCUT2D eigenvalue weighted by Crippen LogP contribution is -2.40. The maximum Gasteiger partial charge on any atom is 0.231 e. The van der Waals surface area contributed by atoms with E-state index < -0.39 is 11.7 Å². The average molecular weight is 482 g/mol. The largest absolute Gasteiger partial charge is 0.454 e. The van der Waals surface area contributed by atoms with Crippen molar-refractivity contribution in [3.63, 3.8) is 0 Å². The predicted molar refractivity (Wildman–Crippen MR) is 132 cm³/mol. The molecule has 36 heavy (non-hydrogen) atoms. The van der Waals surface area contributed by atoms with Crippen LogP contribution in [0.3, 0.4) is 0 Å². The van der Waals surface area contributed by atoms with Crippen LogP contribution in [0.25, 0.3) is 5.82 Å². The normalized spacial score (nSPS) is 20.4. The summed E-state index contributed by atoms with van der Waals surface area (Å²) in [5.74, 6) is 0.631. The summed E-state index contributed by atoms with van der Waals surface area (Å²) in [6.07, 6.45) is 4.56. The molecule has 0 saturated heterocycles. The van der Waals surface area contributed by atoms with Crippen LogP contribution in [0.5, 0.6) is 11.5 Å². The first-order valence-electron chi connectivity index (χ1n) is 11.9. The summed E-state index contributed by atoms with van der Waals surface area (Å²) in [6, 6.07) is 18.1. The van der Waals surface area contributed by atoms with Gasteiger partial charge < -0.3 is 14.0 Å². The maximum absolute atomic E-state index is 15.3. The van der Waals surface area contributed by atoms with E-state index in [1.54, 1.807) is 23.1 Å². The highest BCUT2D eigenvalue weighted by atomic mass is 19.1. The Morgan fingerprint density at radius 3 is 2.53 bits per heavy atom. The third-order valence-electron chi connectivity index (χ3n) is 6.99. The van der Waals surface area contributed by atoms with Crippen LogP contribution in [0.1, 0.15) is 38.2 Å². The summed E-state index contributed by atoms with van der Waals surface area (Å²) in [6.45, 7) is 4.21. The zero-order chi connectivity index (χ0) is 25.0. The molecule has 3 aromatic rings. The number of carbonyl (C=O) groups is 1. The molecule has 0 fully saturated rings. The van der Waals surface area contributed by atoms with Crippen molar-refractivity contribution in [3.05, 3.63) is 95.2 Å². The highest BCUT2D eigenvalue weighted by Gasteiger charge is 2.46. The van der Waals surface area contributed by atoms with Crippen LogP contribution in [0.4, 0.5) is 10.1 Å². The molecule has 6 nitrogen and oxygen atoms in total. The minimum Gasteiger partial charge on any atom is -0.454 e. The lowest BCUT2D eigenvalue weighted by Gasteiger charge is -2.44. The standard InChI is InChI=1S/C29H24FN3O3/c1-29(2)14-22-27(23(34)15-29)26(18-9-10-24-25(13-18)36-17-35-24)19(16-31)28(32-11-5-6-12-32)33(22)21-8-4-3-7-20(21)30/h3-13,26H,14-15,17H2,1-2H3. The number of ether oxygens (including phenoxy) is 2. The Kier molecular flexibility index (Phi) is 5.01. The summed E-state index contributed by atoms with van der Waals surface area (Å²) in [5, 5.41) is 10.6. The molecule has 3 heterocycles. The zero-order valence-corrected chi connectivity index (χ0v) is 20.0. The molecule has 0 saturated carbocycles. The molecular weight excluding hydrogens is 457 g/mol. The van der Waals surface area contributed by atoms with Gasteiger partial charge in [-0.1, -0.05) is 32.0 Å². The Labute approximate surface area is 208 Å². The van der Waals surface area contributed by atoms with E-state index in [-0.39, 0.29) is 18.0 Å². The second-order valence-electron chi connectivity index (χ2n) is 10.1. The van der Waals surface area contributed by atoms with E-state index in [9.17, 15) is 10.1 Å². The third-order valence-corrected chi connectivity index (χ3v) is 6.99. The second kappa shape index (κ2) is 8.13. The molecule has 1 unspecified atom stereocenters. The number of halogens is 1. The van der Waals surface area contributed by atoms with Gasteiger partial charge in [-0.2, -0.15) is 5.26 Å². The Balaban J connectivity index is 1.68. The van der Waals surface area contributed by atoms with Gasteiger partial charge in [-0.05, 0) is 53.8 Å². The van der Waals surface area contributed by atoms with Crippen LogP contribution in [-0.4, -0.2) is 17.1 Å². The van der Waals surface area contributed by atoms with E-state index in [4.69, 9.17) is 9.47 Å². The number of anilines is 1. The number of nitriles is 1. The van der Waals surface area contributed by atoms with Gasteiger partial charge in [-0.25, -0.2) is 4.39 Å². The molecule has 3 aliphatic rings. The summed E-state index contributed by atoms with van der Waals surface area (Å²) in [5.41, 5.74) is 2.34. The van der Waals surface area contributed by atoms with E-state index in [1.807, 2.05) is 61.1 Å². The molecule has 0 radical (unpaired) electrons. The van der Waals surface area contributed by atoms with E-state index in [1.165, 1.54) is 6.07 Å². The topological polar surface area (TPSA) is 67.5 Å². The monoisotopic (exact) mass is 481 g/mol. The van der Waals surface area contributed by atoms with Crippen LogP contribution in [0, 0.1) is 22.6 Å². The summed E-state index contributed by atoms with van der Waals surface area (Å²) in [4.78, 5) is 15.6. The molecule has 1 atom stereocenters. The third kappa shape index (κ3) is 3.41. The lowest BCUT2D eigenvalue weighted by atomic mass is 9.68. The predicted octanol–water partition coefficient (Wildman–Crippen LogP) is 6.00. The fraction of sp³-hybridized carbons (Fsp3) is 0.241. The maximum atomic E-state index is 15.3. The van der Waals surface area contributed by atoms with Crippen molar-refractivity contribution in [3.8, 4) is 17.6 Å². The number of aromatic nitrogens is 1. The molecule has 7 heteroatoms. The van der Waals surface area contributed by atoms with Crippen molar-refractivity contribution in [2.45, 2.75) is 32.6 Å². The Bertz CT molecular complexity index is 1490. The minimum atomic E-state index is -0.622. The van der Waals surface area contributed by atoms with Gasteiger partial charge in [0.2, 0.25) is 6.79 Å². The highest BCUT2D eigenvalue weighted by Crippen LogP contribution is 2.53. The number of ketones is 1. The Morgan fingerprint density at radius 1 is 1.03 bits per heavy atom. The molecule has 2 aliphatic heterocycles. The first-order chi connectivity index (χ1) is 17.4. The number of Topliss-reactive ketones (excluding diaryl/α,β-unsaturated/α-hetero) is 1. The number of fused-ring (bicyclic) bond motifs is 1. The van der Waals surface area contributed by atoms with E-state index in [0.29, 0.717) is 52.7 Å². The van der Waals surface area contributed by atoms with Gasteiger partial charge in [0, 0.05) is 30.1 Å². The molecule has 2 aromatic carbocycles. The van der Waals surface area contributed by atoms with Gasteiger partial charge in [-0.3, -0.25) is 9.69 Å². The van der Waals surface area contributed by atoms with Crippen LogP contribution in [0.15, 0.2) is 83.8 Å². The number of carbonyl (C=O) groups excluding carboxylic acids is 1. The lowest BCUT2D eigenvalue weighted by molar-refractivity contribution is -0.118. The average Bonchev–Trinajstić information content (AvgIpc) is 3.54. The molecular formula is C29H24FN3O3. The van der Waals surface area contributed by atoms with Crippen molar-refractivity contribution in [1.29, 1.82) is 5.26 Å². The van der Waals surface area contributed by atoms with Crippen molar-refractivity contribution >= 4 is 17.3 Å². The highest BCUT2D eigenvalue weighted by molar-refractivity contribution is 6.03. The Morgan fingerprint density at radius 2 is 1.78 bits per heavy atom. The molecule has 0 amide bonds.